The van der Waals surface area contributed by atoms with Gasteiger partial charge in [0.05, 0.1) is 18.3 Å². The number of benzene rings is 2. The van der Waals surface area contributed by atoms with Crippen molar-refractivity contribution in [3.8, 4) is 0 Å². The normalized spacial score (nSPS) is 25.4. The molecule has 0 spiro atoms. The molecule has 4 nitrogen and oxygen atoms in total. The zero-order chi connectivity index (χ0) is 21.0. The van der Waals surface area contributed by atoms with Gasteiger partial charge in [0, 0.05) is 5.92 Å². The first-order chi connectivity index (χ1) is 15.3. The smallest absolute Gasteiger partial charge is 0.257 e. The number of nitrogens with zero attached hydrogens (tertiary/aromatic N) is 3. The molecule has 0 unspecified atom stereocenters. The lowest BCUT2D eigenvalue weighted by Gasteiger charge is -2.31. The quantitative estimate of drug-likeness (QED) is 0.682. The maximum atomic E-state index is 13.5. The Hall–Kier alpha value is -2.72. The molecule has 1 aliphatic carbocycles. The van der Waals surface area contributed by atoms with Crippen molar-refractivity contribution in [1.82, 2.24) is 9.91 Å². The maximum absolute atomic E-state index is 13.5. The molecule has 2 aliphatic heterocycles. The van der Waals surface area contributed by atoms with Gasteiger partial charge in [-0.15, -0.1) is 0 Å². The van der Waals surface area contributed by atoms with Crippen LogP contribution in [0.1, 0.15) is 55.7 Å². The van der Waals surface area contributed by atoms with Crippen LogP contribution in [0.5, 0.6) is 0 Å². The predicted octanol–water partition coefficient (Wildman–Crippen LogP) is 5.30. The molecule has 4 heteroatoms. The highest BCUT2D eigenvalue weighted by Crippen LogP contribution is 2.44. The maximum Gasteiger partial charge on any atom is 0.257 e. The van der Waals surface area contributed by atoms with Crippen molar-refractivity contribution in [2.45, 2.75) is 44.6 Å². The Bertz CT molecular complexity index is 960. The minimum absolute atomic E-state index is 0.00737. The molecule has 1 saturated heterocycles. The molecule has 2 aromatic carbocycles. The summed E-state index contributed by atoms with van der Waals surface area (Å²) in [6, 6.07) is 21.0. The summed E-state index contributed by atoms with van der Waals surface area (Å²) in [4.78, 5) is 15.8. The van der Waals surface area contributed by atoms with E-state index in [1.165, 1.54) is 36.0 Å². The Morgan fingerprint density at radius 1 is 0.935 bits per heavy atom. The number of carbonyl (C=O) groups is 1. The Kier molecular flexibility index (Phi) is 5.99. The van der Waals surface area contributed by atoms with Gasteiger partial charge in [-0.05, 0) is 68.0 Å². The van der Waals surface area contributed by atoms with Gasteiger partial charge in [0.15, 0.2) is 0 Å². The van der Waals surface area contributed by atoms with Crippen LogP contribution in [0.3, 0.4) is 0 Å². The van der Waals surface area contributed by atoms with Gasteiger partial charge < -0.3 is 0 Å². The largest absolute Gasteiger partial charge is 0.294 e. The minimum atomic E-state index is 0.00737. The highest BCUT2D eigenvalue weighted by molar-refractivity contribution is 6.08. The second-order valence-electron chi connectivity index (χ2n) is 8.99. The van der Waals surface area contributed by atoms with E-state index >= 15 is 0 Å². The molecule has 5 rings (SSSR count). The number of carbonyl (C=O) groups excluding carboxylic acids is 1. The third-order valence-corrected chi connectivity index (χ3v) is 6.85. The molecule has 0 aromatic heterocycles. The van der Waals surface area contributed by atoms with E-state index < -0.39 is 0 Å². The molecular weight excluding hydrogens is 382 g/mol. The summed E-state index contributed by atoms with van der Waals surface area (Å²) in [6.45, 7) is 2.52. The van der Waals surface area contributed by atoms with E-state index in [0.717, 1.165) is 38.1 Å². The highest BCUT2D eigenvalue weighted by atomic mass is 16.2. The molecule has 2 atom stereocenters. The number of hydrogen-bond acceptors (Lipinski definition) is 3. The minimum Gasteiger partial charge on any atom is -0.294 e. The van der Waals surface area contributed by atoms with Crippen LogP contribution in [0.2, 0.25) is 0 Å². The first kappa shape index (κ1) is 20.2. The summed E-state index contributed by atoms with van der Waals surface area (Å²) in [5.74, 6) is 0.410. The number of hydrazone groups is 1. The van der Waals surface area contributed by atoms with Crippen LogP contribution in [0.4, 0.5) is 0 Å². The van der Waals surface area contributed by atoms with Crippen LogP contribution in [0.15, 0.2) is 71.3 Å². The fourth-order valence-electron chi connectivity index (χ4n) is 5.32. The van der Waals surface area contributed by atoms with Crippen molar-refractivity contribution in [2.75, 3.05) is 19.6 Å². The van der Waals surface area contributed by atoms with Crippen LogP contribution >= 0.6 is 0 Å². The Balaban J connectivity index is 1.47. The molecule has 160 valence electrons. The number of allylic oxidation sites excluding steroid dienone is 1. The molecule has 31 heavy (non-hydrogen) atoms. The average Bonchev–Trinajstić information content (AvgIpc) is 3.22. The second-order valence-corrected chi connectivity index (χ2v) is 8.99. The SMILES string of the molecule is O=C(CN1CCCCC1)N1N=C2/C(=C/c3ccccc3)CCC[C@H]2[C@@H]1c1ccccc1. The molecule has 2 fully saturated rings. The van der Waals surface area contributed by atoms with Gasteiger partial charge in [0.2, 0.25) is 0 Å². The number of fused-ring (bicyclic) bond motifs is 1. The monoisotopic (exact) mass is 413 g/mol. The van der Waals surface area contributed by atoms with Gasteiger partial charge in [0.25, 0.3) is 5.91 Å². The van der Waals surface area contributed by atoms with E-state index in [1.807, 2.05) is 17.1 Å². The lowest BCUT2D eigenvalue weighted by Crippen LogP contribution is -2.41. The number of likely N-dealkylation sites (tertiary alicyclic amines) is 1. The Labute approximate surface area is 185 Å². The summed E-state index contributed by atoms with van der Waals surface area (Å²) in [6.07, 6.45) is 9.18. The molecule has 2 aromatic rings. The molecule has 0 N–H and O–H groups in total. The van der Waals surface area contributed by atoms with Gasteiger partial charge in [0.1, 0.15) is 0 Å². The third kappa shape index (κ3) is 4.35. The fraction of sp³-hybridized carbons (Fsp3) is 0.407. The molecule has 3 aliphatic rings. The van der Waals surface area contributed by atoms with Crippen LogP contribution in [0.25, 0.3) is 6.08 Å². The van der Waals surface area contributed by atoms with E-state index in [-0.39, 0.29) is 17.9 Å². The second kappa shape index (κ2) is 9.19. The summed E-state index contributed by atoms with van der Waals surface area (Å²) >= 11 is 0. The first-order valence-corrected chi connectivity index (χ1v) is 11.7. The van der Waals surface area contributed by atoms with E-state index in [0.29, 0.717) is 6.54 Å². The molecule has 1 saturated carbocycles. The van der Waals surface area contributed by atoms with Gasteiger partial charge >= 0.3 is 0 Å². The van der Waals surface area contributed by atoms with Gasteiger partial charge in [-0.2, -0.15) is 5.10 Å². The van der Waals surface area contributed by atoms with E-state index in [4.69, 9.17) is 5.10 Å². The van der Waals surface area contributed by atoms with Crippen LogP contribution in [-0.4, -0.2) is 41.2 Å². The Morgan fingerprint density at radius 3 is 2.39 bits per heavy atom. The molecule has 2 heterocycles. The first-order valence-electron chi connectivity index (χ1n) is 11.7. The number of piperidine rings is 1. The van der Waals surface area contributed by atoms with E-state index in [9.17, 15) is 4.79 Å². The predicted molar refractivity (Wildman–Crippen MR) is 126 cm³/mol. The van der Waals surface area contributed by atoms with Crippen LogP contribution in [0, 0.1) is 5.92 Å². The molecular formula is C27H31N3O. The van der Waals surface area contributed by atoms with Crippen LogP contribution in [-0.2, 0) is 4.79 Å². The number of amides is 1. The number of rotatable bonds is 4. The zero-order valence-electron chi connectivity index (χ0n) is 18.1. The van der Waals surface area contributed by atoms with Gasteiger partial charge in [-0.3, -0.25) is 9.69 Å². The lowest BCUT2D eigenvalue weighted by atomic mass is 9.77. The van der Waals surface area contributed by atoms with Crippen molar-refractivity contribution >= 4 is 17.7 Å². The van der Waals surface area contributed by atoms with E-state index in [1.54, 1.807) is 0 Å². The summed E-state index contributed by atoms with van der Waals surface area (Å²) < 4.78 is 0. The van der Waals surface area contributed by atoms with Gasteiger partial charge in [-0.1, -0.05) is 67.1 Å². The van der Waals surface area contributed by atoms with Crippen molar-refractivity contribution in [1.29, 1.82) is 0 Å². The number of hydrogen-bond donors (Lipinski definition) is 0. The van der Waals surface area contributed by atoms with Crippen molar-refractivity contribution < 1.29 is 4.79 Å². The topological polar surface area (TPSA) is 35.9 Å². The molecule has 1 amide bonds. The molecule has 0 radical (unpaired) electrons. The van der Waals surface area contributed by atoms with Crippen molar-refractivity contribution in [2.24, 2.45) is 11.0 Å². The van der Waals surface area contributed by atoms with Crippen molar-refractivity contribution in [3.05, 3.63) is 77.4 Å². The fourth-order valence-corrected chi connectivity index (χ4v) is 5.32. The third-order valence-electron chi connectivity index (χ3n) is 6.85. The highest BCUT2D eigenvalue weighted by Gasteiger charge is 2.43. The summed E-state index contributed by atoms with van der Waals surface area (Å²) in [5.41, 5.74) is 4.81. The summed E-state index contributed by atoms with van der Waals surface area (Å²) in [5, 5.41) is 6.84. The van der Waals surface area contributed by atoms with E-state index in [2.05, 4.69) is 59.5 Å². The Morgan fingerprint density at radius 2 is 1.65 bits per heavy atom. The lowest BCUT2D eigenvalue weighted by molar-refractivity contribution is -0.135. The van der Waals surface area contributed by atoms with Crippen LogP contribution < -0.4 is 0 Å². The van der Waals surface area contributed by atoms with Gasteiger partial charge in [-0.25, -0.2) is 5.01 Å². The molecule has 0 bridgehead atoms. The zero-order valence-corrected chi connectivity index (χ0v) is 18.1. The standard InChI is InChI=1S/C27H31N3O/c31-25(20-29-17-8-3-9-18-29)30-27(22-13-6-2-7-14-22)24-16-10-15-23(26(24)28-30)19-21-11-4-1-5-12-21/h1-2,4-7,11-14,19,24,27H,3,8-10,15-18,20H2/b23-19+/t24-,27+/m1/s1. The average molecular weight is 414 g/mol. The van der Waals surface area contributed by atoms with Crippen molar-refractivity contribution in [3.63, 3.8) is 0 Å². The summed E-state index contributed by atoms with van der Waals surface area (Å²) in [7, 11) is 0.